The van der Waals surface area contributed by atoms with Crippen molar-refractivity contribution >= 4 is 28.3 Å². The van der Waals surface area contributed by atoms with Crippen molar-refractivity contribution in [1.82, 2.24) is 10.2 Å². The number of carbonyl (C=O) groups is 2. The molecule has 3 aromatic carbocycles. The highest BCUT2D eigenvalue weighted by molar-refractivity contribution is 6.10. The highest BCUT2D eigenvalue weighted by Crippen LogP contribution is 2.30. The number of hydrogen-bond donors (Lipinski definition) is 1. The second-order valence-electron chi connectivity index (χ2n) is 6.56. The van der Waals surface area contributed by atoms with Gasteiger partial charge in [-0.3, -0.25) is 14.5 Å². The lowest BCUT2D eigenvalue weighted by Gasteiger charge is -2.17. The Morgan fingerprint density at radius 2 is 1.68 bits per heavy atom. The van der Waals surface area contributed by atoms with Gasteiger partial charge in [0.05, 0.1) is 6.54 Å². The number of rotatable bonds is 6. The van der Waals surface area contributed by atoms with Gasteiger partial charge in [-0.1, -0.05) is 61.2 Å². The van der Waals surface area contributed by atoms with Crippen LogP contribution < -0.4 is 10.1 Å². The van der Waals surface area contributed by atoms with Crippen LogP contribution in [0.4, 0.5) is 0 Å². The Morgan fingerprint density at radius 1 is 0.964 bits per heavy atom. The molecule has 0 radical (unpaired) electrons. The summed E-state index contributed by atoms with van der Waals surface area (Å²) in [7, 11) is 0. The highest BCUT2D eigenvalue weighted by atomic mass is 16.5. The fourth-order valence-electron chi connectivity index (χ4n) is 3.37. The Balaban J connectivity index is 1.30. The maximum atomic E-state index is 12.4. The van der Waals surface area contributed by atoms with Crippen LogP contribution in [0, 0.1) is 0 Å². The fourth-order valence-corrected chi connectivity index (χ4v) is 3.37. The summed E-state index contributed by atoms with van der Waals surface area (Å²) >= 11 is 0. The van der Waals surface area contributed by atoms with Crippen LogP contribution in [-0.2, 0) is 4.79 Å². The maximum absolute atomic E-state index is 12.4. The molecule has 1 N–H and O–H groups in total. The average molecular weight is 372 g/mol. The van der Waals surface area contributed by atoms with Crippen molar-refractivity contribution in [3.8, 4) is 5.75 Å². The van der Waals surface area contributed by atoms with Crippen LogP contribution in [-0.4, -0.2) is 36.4 Å². The zero-order chi connectivity index (χ0) is 19.5. The van der Waals surface area contributed by atoms with E-state index < -0.39 is 0 Å². The Bertz CT molecular complexity index is 1030. The van der Waals surface area contributed by atoms with Gasteiger partial charge in [-0.2, -0.15) is 0 Å². The topological polar surface area (TPSA) is 58.6 Å². The largest absolute Gasteiger partial charge is 0.491 e. The van der Waals surface area contributed by atoms with Crippen molar-refractivity contribution in [3.05, 3.63) is 84.4 Å². The van der Waals surface area contributed by atoms with Gasteiger partial charge in [0.1, 0.15) is 18.9 Å². The van der Waals surface area contributed by atoms with E-state index in [0.29, 0.717) is 24.4 Å². The van der Waals surface area contributed by atoms with Crippen molar-refractivity contribution < 1.29 is 14.3 Å². The van der Waals surface area contributed by atoms with Gasteiger partial charge in [-0.15, -0.1) is 0 Å². The molecule has 3 aromatic rings. The predicted molar refractivity (Wildman–Crippen MR) is 109 cm³/mol. The number of amides is 2. The lowest BCUT2D eigenvalue weighted by Crippen LogP contribution is -2.38. The first-order valence-electron chi connectivity index (χ1n) is 9.12. The van der Waals surface area contributed by atoms with Gasteiger partial charge in [0, 0.05) is 22.2 Å². The number of benzene rings is 3. The van der Waals surface area contributed by atoms with Gasteiger partial charge in [0.15, 0.2) is 0 Å². The molecule has 5 nitrogen and oxygen atoms in total. The summed E-state index contributed by atoms with van der Waals surface area (Å²) in [6.45, 7) is 4.58. The van der Waals surface area contributed by atoms with Gasteiger partial charge in [0.2, 0.25) is 5.91 Å². The van der Waals surface area contributed by atoms with Crippen LogP contribution >= 0.6 is 0 Å². The Hall–Kier alpha value is -3.60. The van der Waals surface area contributed by atoms with Crippen molar-refractivity contribution in [2.45, 2.75) is 0 Å². The molecule has 0 saturated carbocycles. The Morgan fingerprint density at radius 3 is 2.50 bits per heavy atom. The van der Waals surface area contributed by atoms with E-state index in [-0.39, 0.29) is 18.4 Å². The lowest BCUT2D eigenvalue weighted by molar-refractivity contribution is -0.121. The summed E-state index contributed by atoms with van der Waals surface area (Å²) in [5.41, 5.74) is 1.92. The van der Waals surface area contributed by atoms with Crippen LogP contribution in [0.15, 0.2) is 73.3 Å². The molecule has 0 spiro atoms. The van der Waals surface area contributed by atoms with E-state index in [4.69, 9.17) is 4.74 Å². The van der Waals surface area contributed by atoms with E-state index in [1.807, 2.05) is 54.6 Å². The number of nitrogens with one attached hydrogen (secondary N) is 1. The molecule has 28 heavy (non-hydrogen) atoms. The number of nitrogens with zero attached hydrogens (tertiary/aromatic N) is 1. The molecule has 1 aliphatic heterocycles. The Kier molecular flexibility index (Phi) is 4.81. The molecule has 2 amide bonds. The minimum atomic E-state index is -0.246. The van der Waals surface area contributed by atoms with Crippen LogP contribution in [0.5, 0.6) is 5.75 Å². The van der Waals surface area contributed by atoms with E-state index in [9.17, 15) is 9.59 Å². The quantitative estimate of drug-likeness (QED) is 0.674. The summed E-state index contributed by atoms with van der Waals surface area (Å²) < 4.78 is 5.82. The van der Waals surface area contributed by atoms with Crippen LogP contribution in [0.25, 0.3) is 16.5 Å². The van der Waals surface area contributed by atoms with Crippen molar-refractivity contribution in [2.24, 2.45) is 0 Å². The molecule has 4 rings (SSSR count). The van der Waals surface area contributed by atoms with E-state index in [0.717, 1.165) is 22.1 Å². The van der Waals surface area contributed by atoms with Gasteiger partial charge >= 0.3 is 0 Å². The van der Waals surface area contributed by atoms with E-state index in [1.165, 1.54) is 4.90 Å². The van der Waals surface area contributed by atoms with Crippen molar-refractivity contribution in [3.63, 3.8) is 0 Å². The van der Waals surface area contributed by atoms with Crippen LogP contribution in [0.1, 0.15) is 15.9 Å². The summed E-state index contributed by atoms with van der Waals surface area (Å²) in [4.78, 5) is 26.1. The minimum absolute atomic E-state index is 0.0549. The average Bonchev–Trinajstić information content (AvgIpc) is 2.96. The molecule has 1 aliphatic rings. The van der Waals surface area contributed by atoms with E-state index in [2.05, 4.69) is 11.9 Å². The second-order valence-corrected chi connectivity index (χ2v) is 6.56. The zero-order valence-electron chi connectivity index (χ0n) is 15.4. The third-order valence-electron chi connectivity index (χ3n) is 4.77. The van der Waals surface area contributed by atoms with E-state index in [1.54, 1.807) is 12.1 Å². The van der Waals surface area contributed by atoms with Crippen LogP contribution in [0.2, 0.25) is 0 Å². The smallest absolute Gasteiger partial charge is 0.259 e. The standard InChI is InChI=1S/C23H20N2O3/c1-16-18-9-4-5-11-20(18)23(27)25(16)15-22(26)24-13-14-28-21-12-6-8-17-7-2-3-10-19(17)21/h2-12H,1,13-15H2,(H,24,26). The highest BCUT2D eigenvalue weighted by Gasteiger charge is 2.31. The Labute approximate surface area is 163 Å². The third kappa shape index (κ3) is 3.34. The minimum Gasteiger partial charge on any atom is -0.491 e. The maximum Gasteiger partial charge on any atom is 0.259 e. The molecule has 140 valence electrons. The SMILES string of the molecule is C=C1c2ccccc2C(=O)N1CC(=O)NCCOc1cccc2ccccc12. The molecule has 0 atom stereocenters. The molecule has 0 aliphatic carbocycles. The number of carbonyl (C=O) groups excluding carboxylic acids is 2. The summed E-state index contributed by atoms with van der Waals surface area (Å²) in [5.74, 6) is 0.345. The van der Waals surface area contributed by atoms with Crippen molar-refractivity contribution in [1.29, 1.82) is 0 Å². The molecule has 0 fully saturated rings. The number of fused-ring (bicyclic) bond motifs is 2. The second kappa shape index (κ2) is 7.56. The summed E-state index contributed by atoms with van der Waals surface area (Å²) in [6, 6.07) is 21.1. The van der Waals surface area contributed by atoms with Gasteiger partial charge in [0.25, 0.3) is 5.91 Å². The monoisotopic (exact) mass is 372 g/mol. The van der Waals surface area contributed by atoms with Gasteiger partial charge in [-0.05, 0) is 17.5 Å². The first kappa shape index (κ1) is 17.8. The number of hydrogen-bond acceptors (Lipinski definition) is 3. The molecule has 0 unspecified atom stereocenters. The lowest BCUT2D eigenvalue weighted by atomic mass is 10.1. The first-order valence-corrected chi connectivity index (χ1v) is 9.12. The molecule has 0 saturated heterocycles. The van der Waals surface area contributed by atoms with Crippen LogP contribution in [0.3, 0.4) is 0 Å². The normalized spacial score (nSPS) is 12.9. The molecular weight excluding hydrogens is 352 g/mol. The molecule has 1 heterocycles. The molecule has 0 aromatic heterocycles. The molecular formula is C23H20N2O3. The van der Waals surface area contributed by atoms with Gasteiger partial charge < -0.3 is 10.1 Å². The predicted octanol–water partition coefficient (Wildman–Crippen LogP) is 3.46. The number of ether oxygens (including phenoxy) is 1. The van der Waals surface area contributed by atoms with E-state index >= 15 is 0 Å². The van der Waals surface area contributed by atoms with Gasteiger partial charge in [-0.25, -0.2) is 0 Å². The zero-order valence-corrected chi connectivity index (χ0v) is 15.4. The fraction of sp³-hybridized carbons (Fsp3) is 0.130. The third-order valence-corrected chi connectivity index (χ3v) is 4.77. The molecule has 0 bridgehead atoms. The summed E-state index contributed by atoms with van der Waals surface area (Å²) in [5, 5.41) is 4.94. The molecule has 5 heteroatoms. The first-order chi connectivity index (χ1) is 13.6. The summed E-state index contributed by atoms with van der Waals surface area (Å²) in [6.07, 6.45) is 0. The van der Waals surface area contributed by atoms with Crippen molar-refractivity contribution in [2.75, 3.05) is 19.7 Å².